The number of benzene rings is 1. The van der Waals surface area contributed by atoms with Gasteiger partial charge in [0.1, 0.15) is 0 Å². The molecule has 1 amide bonds. The zero-order chi connectivity index (χ0) is 16.6. The van der Waals surface area contributed by atoms with Crippen molar-refractivity contribution in [2.45, 2.75) is 26.2 Å². The number of alkyl halides is 6. The Morgan fingerprint density at radius 3 is 1.76 bits per heavy atom. The van der Waals surface area contributed by atoms with E-state index in [4.69, 9.17) is 5.73 Å². The van der Waals surface area contributed by atoms with Crippen LogP contribution >= 0.6 is 0 Å². The molecule has 3 nitrogen and oxygen atoms in total. The summed E-state index contributed by atoms with van der Waals surface area (Å²) < 4.78 is 74.6. The number of hydrogen-bond acceptors (Lipinski definition) is 2. The van der Waals surface area contributed by atoms with Crippen LogP contribution in [0.15, 0.2) is 12.1 Å². The van der Waals surface area contributed by atoms with E-state index in [9.17, 15) is 31.1 Å². The molecule has 3 N–H and O–H groups in total. The van der Waals surface area contributed by atoms with Gasteiger partial charge >= 0.3 is 12.4 Å². The summed E-state index contributed by atoms with van der Waals surface area (Å²) in [6, 6.07) is 2.66. The minimum absolute atomic E-state index is 0.118. The highest BCUT2D eigenvalue weighted by Crippen LogP contribution is 2.40. The van der Waals surface area contributed by atoms with Gasteiger partial charge in [-0.25, -0.2) is 0 Å². The average molecular weight is 314 g/mol. The number of carbonyl (C=O) groups is 1. The van der Waals surface area contributed by atoms with Gasteiger partial charge < -0.3 is 11.1 Å². The van der Waals surface area contributed by atoms with E-state index in [1.807, 2.05) is 0 Å². The molecule has 118 valence electrons. The van der Waals surface area contributed by atoms with Crippen molar-refractivity contribution in [1.29, 1.82) is 0 Å². The lowest BCUT2D eigenvalue weighted by Crippen LogP contribution is -2.45. The fourth-order valence-electron chi connectivity index (χ4n) is 1.87. The van der Waals surface area contributed by atoms with Crippen molar-refractivity contribution in [3.8, 4) is 0 Å². The van der Waals surface area contributed by atoms with Crippen molar-refractivity contribution in [3.05, 3.63) is 23.3 Å². The number of rotatable bonds is 2. The van der Waals surface area contributed by atoms with Crippen LogP contribution in [0, 0.1) is 19.8 Å². The van der Waals surface area contributed by atoms with Crippen LogP contribution in [0.2, 0.25) is 0 Å². The Morgan fingerprint density at radius 1 is 1.05 bits per heavy atom. The number of hydrogen-bond donors (Lipinski definition) is 2. The van der Waals surface area contributed by atoms with Crippen LogP contribution in [-0.4, -0.2) is 18.3 Å². The van der Waals surface area contributed by atoms with E-state index in [1.54, 1.807) is 5.32 Å². The third-order valence-corrected chi connectivity index (χ3v) is 2.72. The molecule has 0 aliphatic rings. The Labute approximate surface area is 116 Å². The number of anilines is 2. The van der Waals surface area contributed by atoms with Crippen LogP contribution in [0.5, 0.6) is 0 Å². The van der Waals surface area contributed by atoms with Gasteiger partial charge in [0.05, 0.1) is 0 Å². The van der Waals surface area contributed by atoms with E-state index in [-0.39, 0.29) is 22.5 Å². The van der Waals surface area contributed by atoms with Crippen molar-refractivity contribution < 1.29 is 31.1 Å². The van der Waals surface area contributed by atoms with Gasteiger partial charge in [0.15, 0.2) is 0 Å². The molecule has 0 fully saturated rings. The maximum atomic E-state index is 12.4. The van der Waals surface area contributed by atoms with Gasteiger partial charge in [0, 0.05) is 11.4 Å². The molecule has 1 aromatic carbocycles. The maximum absolute atomic E-state index is 12.4. The van der Waals surface area contributed by atoms with E-state index < -0.39 is 24.2 Å². The van der Waals surface area contributed by atoms with Crippen LogP contribution in [-0.2, 0) is 4.79 Å². The zero-order valence-electron chi connectivity index (χ0n) is 11.0. The van der Waals surface area contributed by atoms with Crippen molar-refractivity contribution in [1.82, 2.24) is 0 Å². The Bertz CT molecular complexity index is 513. The van der Waals surface area contributed by atoms with Crippen LogP contribution in [0.4, 0.5) is 37.7 Å². The van der Waals surface area contributed by atoms with E-state index >= 15 is 0 Å². The second-order valence-corrected chi connectivity index (χ2v) is 4.54. The molecule has 1 aromatic rings. The molecule has 0 aromatic heterocycles. The summed E-state index contributed by atoms with van der Waals surface area (Å²) in [5.41, 5.74) is 6.19. The summed E-state index contributed by atoms with van der Waals surface area (Å²) in [6.07, 6.45) is -11.4. The number of nitrogens with one attached hydrogen (secondary N) is 1. The molecule has 21 heavy (non-hydrogen) atoms. The highest BCUT2D eigenvalue weighted by molar-refractivity contribution is 5.95. The standard InChI is InChI=1S/C12H12F6N2O/c1-5-3-7(19)4-6(2)8(5)20-10(21)9(11(13,14)15)12(16,17)18/h3-4,9H,19H2,1-2H3,(H,20,21). The summed E-state index contributed by atoms with van der Waals surface area (Å²) in [7, 11) is 0. The third-order valence-electron chi connectivity index (χ3n) is 2.72. The Balaban J connectivity index is 3.15. The number of halogens is 6. The van der Waals surface area contributed by atoms with Gasteiger partial charge in [-0.1, -0.05) is 0 Å². The number of carbonyl (C=O) groups excluding carboxylic acids is 1. The molecule has 0 unspecified atom stereocenters. The fourth-order valence-corrected chi connectivity index (χ4v) is 1.87. The minimum atomic E-state index is -5.72. The monoisotopic (exact) mass is 314 g/mol. The Morgan fingerprint density at radius 2 is 1.43 bits per heavy atom. The third kappa shape index (κ3) is 4.02. The molecule has 9 heteroatoms. The van der Waals surface area contributed by atoms with E-state index in [1.165, 1.54) is 26.0 Å². The van der Waals surface area contributed by atoms with Gasteiger partial charge in [-0.05, 0) is 37.1 Å². The number of nitrogen functional groups attached to an aromatic ring is 1. The van der Waals surface area contributed by atoms with Gasteiger partial charge in [-0.3, -0.25) is 4.79 Å². The van der Waals surface area contributed by atoms with Crippen molar-refractivity contribution in [3.63, 3.8) is 0 Å². The number of nitrogens with two attached hydrogens (primary N) is 1. The largest absolute Gasteiger partial charge is 0.409 e. The first kappa shape index (κ1) is 17.1. The lowest BCUT2D eigenvalue weighted by Gasteiger charge is -2.23. The topological polar surface area (TPSA) is 55.1 Å². The maximum Gasteiger partial charge on any atom is 0.409 e. The lowest BCUT2D eigenvalue weighted by molar-refractivity contribution is -0.272. The number of aryl methyl sites for hydroxylation is 2. The highest BCUT2D eigenvalue weighted by Gasteiger charge is 2.61. The molecule has 0 heterocycles. The molecule has 0 radical (unpaired) electrons. The Hall–Kier alpha value is -1.93. The first-order chi connectivity index (χ1) is 9.34. The molecule has 0 aliphatic heterocycles. The summed E-state index contributed by atoms with van der Waals surface area (Å²) in [4.78, 5) is 11.4. The second-order valence-electron chi connectivity index (χ2n) is 4.54. The van der Waals surface area contributed by atoms with E-state index in [2.05, 4.69) is 0 Å². The first-order valence-corrected chi connectivity index (χ1v) is 5.65. The summed E-state index contributed by atoms with van der Waals surface area (Å²) in [5.74, 6) is -6.26. The first-order valence-electron chi connectivity index (χ1n) is 5.65. The zero-order valence-corrected chi connectivity index (χ0v) is 11.0. The van der Waals surface area contributed by atoms with Crippen molar-refractivity contribution >= 4 is 17.3 Å². The predicted molar refractivity (Wildman–Crippen MR) is 64.6 cm³/mol. The summed E-state index contributed by atoms with van der Waals surface area (Å²) in [6.45, 7) is 2.82. The SMILES string of the molecule is Cc1cc(N)cc(C)c1NC(=O)C(C(F)(F)F)C(F)(F)F. The Kier molecular flexibility index (Phi) is 4.45. The number of amides is 1. The summed E-state index contributed by atoms with van der Waals surface area (Å²) >= 11 is 0. The predicted octanol–water partition coefficient (Wildman–Crippen LogP) is 3.56. The minimum Gasteiger partial charge on any atom is -0.399 e. The van der Waals surface area contributed by atoms with Crippen LogP contribution < -0.4 is 11.1 Å². The van der Waals surface area contributed by atoms with Gasteiger partial charge in [-0.2, -0.15) is 26.3 Å². The molecule has 0 atom stereocenters. The molecule has 0 aliphatic carbocycles. The van der Waals surface area contributed by atoms with Crippen molar-refractivity contribution in [2.24, 2.45) is 5.92 Å². The highest BCUT2D eigenvalue weighted by atomic mass is 19.4. The van der Waals surface area contributed by atoms with Crippen LogP contribution in [0.25, 0.3) is 0 Å². The molecule has 1 rings (SSSR count). The smallest absolute Gasteiger partial charge is 0.399 e. The van der Waals surface area contributed by atoms with Gasteiger partial charge in [0.2, 0.25) is 11.8 Å². The molecular weight excluding hydrogens is 302 g/mol. The average Bonchev–Trinajstić information content (AvgIpc) is 2.18. The summed E-state index contributed by atoms with van der Waals surface area (Å²) in [5, 5.41) is 1.68. The second kappa shape index (κ2) is 5.45. The quantitative estimate of drug-likeness (QED) is 0.648. The normalized spacial score (nSPS) is 12.6. The molecule has 0 bridgehead atoms. The molecule has 0 saturated heterocycles. The lowest BCUT2D eigenvalue weighted by atomic mass is 10.0. The fraction of sp³-hybridized carbons (Fsp3) is 0.417. The molecule has 0 spiro atoms. The van der Waals surface area contributed by atoms with Crippen molar-refractivity contribution in [2.75, 3.05) is 11.1 Å². The van der Waals surface area contributed by atoms with Crippen LogP contribution in [0.3, 0.4) is 0 Å². The van der Waals surface area contributed by atoms with E-state index in [0.29, 0.717) is 0 Å². The van der Waals surface area contributed by atoms with Gasteiger partial charge in [-0.15, -0.1) is 0 Å². The van der Waals surface area contributed by atoms with E-state index in [0.717, 1.165) is 0 Å². The van der Waals surface area contributed by atoms with Crippen LogP contribution in [0.1, 0.15) is 11.1 Å². The molecular formula is C12H12F6N2O. The van der Waals surface area contributed by atoms with Gasteiger partial charge in [0.25, 0.3) is 0 Å². The molecule has 0 saturated carbocycles.